The van der Waals surface area contributed by atoms with E-state index >= 15 is 0 Å². The molecule has 0 aromatic heterocycles. The third kappa shape index (κ3) is 3.87. The maximum Gasteiger partial charge on any atom is 0.124 e. The van der Waals surface area contributed by atoms with Gasteiger partial charge in [-0.3, -0.25) is 0 Å². The quantitative estimate of drug-likeness (QED) is 0.849. The molecule has 0 spiro atoms. The lowest BCUT2D eigenvalue weighted by Crippen LogP contribution is -2.21. The van der Waals surface area contributed by atoms with E-state index in [1.54, 1.807) is 0 Å². The van der Waals surface area contributed by atoms with Crippen LogP contribution in [-0.4, -0.2) is 19.8 Å². The first-order valence-corrected chi connectivity index (χ1v) is 7.48. The summed E-state index contributed by atoms with van der Waals surface area (Å²) in [7, 11) is 0. The maximum absolute atomic E-state index is 5.82. The normalized spacial score (nSPS) is 18.3. The molecule has 0 bridgehead atoms. The lowest BCUT2D eigenvalue weighted by atomic mass is 10.0. The van der Waals surface area contributed by atoms with Crippen LogP contribution in [0.3, 0.4) is 0 Å². The van der Waals surface area contributed by atoms with Gasteiger partial charge in [0.25, 0.3) is 0 Å². The van der Waals surface area contributed by atoms with Crippen LogP contribution in [0, 0.1) is 0 Å². The molecule has 0 amide bonds. The Bertz CT molecular complexity index is 392. The van der Waals surface area contributed by atoms with Gasteiger partial charge in [-0.25, -0.2) is 0 Å². The molecule has 0 saturated heterocycles. The predicted octanol–water partition coefficient (Wildman–Crippen LogP) is 3.69. The summed E-state index contributed by atoms with van der Waals surface area (Å²) in [5, 5.41) is 3.62. The first-order valence-electron chi connectivity index (χ1n) is 7.48. The average molecular weight is 263 g/mol. The van der Waals surface area contributed by atoms with Crippen molar-refractivity contribution < 1.29 is 9.47 Å². The monoisotopic (exact) mass is 263 g/mol. The summed E-state index contributed by atoms with van der Waals surface area (Å²) >= 11 is 0. The van der Waals surface area contributed by atoms with Crippen molar-refractivity contribution in [1.29, 1.82) is 0 Å². The van der Waals surface area contributed by atoms with E-state index in [2.05, 4.69) is 25.2 Å². The summed E-state index contributed by atoms with van der Waals surface area (Å²) in [6, 6.07) is 6.59. The van der Waals surface area contributed by atoms with Crippen LogP contribution in [0.5, 0.6) is 11.5 Å². The van der Waals surface area contributed by atoms with Crippen LogP contribution in [0.2, 0.25) is 0 Å². The summed E-state index contributed by atoms with van der Waals surface area (Å²) in [6.45, 7) is 6.95. The molecule has 19 heavy (non-hydrogen) atoms. The Hall–Kier alpha value is -1.22. The van der Waals surface area contributed by atoms with Gasteiger partial charge in [0.05, 0.1) is 13.2 Å². The highest BCUT2D eigenvalue weighted by atomic mass is 16.5. The second kappa shape index (κ2) is 7.39. The second-order valence-electron chi connectivity index (χ2n) is 5.05. The highest BCUT2D eigenvalue weighted by Crippen LogP contribution is 2.34. The topological polar surface area (TPSA) is 30.5 Å². The van der Waals surface area contributed by atoms with Gasteiger partial charge in [0.2, 0.25) is 0 Å². The molecule has 1 aliphatic heterocycles. The predicted molar refractivity (Wildman–Crippen MR) is 78.0 cm³/mol. The molecule has 0 aliphatic carbocycles. The van der Waals surface area contributed by atoms with Gasteiger partial charge in [-0.1, -0.05) is 13.8 Å². The molecule has 1 aliphatic rings. The Balaban J connectivity index is 2.17. The fourth-order valence-electron chi connectivity index (χ4n) is 2.40. The van der Waals surface area contributed by atoms with E-state index in [-0.39, 0.29) is 0 Å². The summed E-state index contributed by atoms with van der Waals surface area (Å²) in [5.41, 5.74) is 1.25. The molecular formula is C16H25NO2. The maximum atomic E-state index is 5.82. The molecule has 1 aromatic rings. The highest BCUT2D eigenvalue weighted by Gasteiger charge is 2.19. The molecule has 1 N–H and O–H groups in total. The van der Waals surface area contributed by atoms with E-state index in [9.17, 15) is 0 Å². The minimum absolute atomic E-state index is 0.391. The van der Waals surface area contributed by atoms with Gasteiger partial charge in [0.15, 0.2) is 0 Å². The number of rotatable bonds is 6. The van der Waals surface area contributed by atoms with Crippen molar-refractivity contribution in [2.45, 2.75) is 45.6 Å². The fraction of sp³-hybridized carbons (Fsp3) is 0.625. The molecule has 3 nitrogen and oxygen atoms in total. The van der Waals surface area contributed by atoms with Crippen LogP contribution >= 0.6 is 0 Å². The molecule has 0 radical (unpaired) electrons. The molecule has 1 heterocycles. The third-order valence-corrected chi connectivity index (χ3v) is 3.36. The minimum Gasteiger partial charge on any atom is -0.494 e. The van der Waals surface area contributed by atoms with Crippen molar-refractivity contribution in [2.24, 2.45) is 0 Å². The standard InChI is InChI=1S/C16H25NO2/c1-3-9-17-15-6-5-11-19-16-8-7-13(12-14(15)16)18-10-4-2/h7-8,12,15,17H,3-6,9-11H2,1-2H3. The van der Waals surface area contributed by atoms with Crippen molar-refractivity contribution in [3.63, 3.8) is 0 Å². The second-order valence-corrected chi connectivity index (χ2v) is 5.05. The first-order chi connectivity index (χ1) is 9.35. The largest absolute Gasteiger partial charge is 0.494 e. The molecule has 1 aromatic carbocycles. The first kappa shape index (κ1) is 14.2. The van der Waals surface area contributed by atoms with E-state index in [0.29, 0.717) is 6.04 Å². The molecular weight excluding hydrogens is 238 g/mol. The number of ether oxygens (including phenoxy) is 2. The van der Waals surface area contributed by atoms with Gasteiger partial charge in [-0.05, 0) is 50.4 Å². The van der Waals surface area contributed by atoms with Gasteiger partial charge in [-0.15, -0.1) is 0 Å². The van der Waals surface area contributed by atoms with Crippen molar-refractivity contribution >= 4 is 0 Å². The Morgan fingerprint density at radius 1 is 1.32 bits per heavy atom. The number of nitrogens with one attached hydrogen (secondary N) is 1. The fourth-order valence-corrected chi connectivity index (χ4v) is 2.40. The zero-order valence-electron chi connectivity index (χ0n) is 12.1. The Kier molecular flexibility index (Phi) is 5.52. The molecule has 1 unspecified atom stereocenters. The highest BCUT2D eigenvalue weighted by molar-refractivity contribution is 5.42. The van der Waals surface area contributed by atoms with Crippen LogP contribution in [-0.2, 0) is 0 Å². The van der Waals surface area contributed by atoms with E-state index in [1.807, 2.05) is 12.1 Å². The lowest BCUT2D eigenvalue weighted by Gasteiger charge is -2.19. The van der Waals surface area contributed by atoms with Crippen molar-refractivity contribution in [3.8, 4) is 11.5 Å². The number of benzene rings is 1. The molecule has 3 heteroatoms. The van der Waals surface area contributed by atoms with Crippen molar-refractivity contribution in [1.82, 2.24) is 5.32 Å². The summed E-state index contributed by atoms with van der Waals surface area (Å²) in [4.78, 5) is 0. The Morgan fingerprint density at radius 2 is 2.21 bits per heavy atom. The van der Waals surface area contributed by atoms with Crippen LogP contribution in [0.4, 0.5) is 0 Å². The number of fused-ring (bicyclic) bond motifs is 1. The molecule has 0 saturated carbocycles. The Labute approximate surface area is 116 Å². The zero-order chi connectivity index (χ0) is 13.5. The smallest absolute Gasteiger partial charge is 0.124 e. The van der Waals surface area contributed by atoms with E-state index in [0.717, 1.165) is 56.9 Å². The van der Waals surface area contributed by atoms with Gasteiger partial charge < -0.3 is 14.8 Å². The third-order valence-electron chi connectivity index (χ3n) is 3.36. The SMILES string of the molecule is CCCNC1CCCOc2ccc(OCCC)cc21. The number of hydrogen-bond donors (Lipinski definition) is 1. The molecule has 0 fully saturated rings. The van der Waals surface area contributed by atoms with Crippen molar-refractivity contribution in [2.75, 3.05) is 19.8 Å². The minimum atomic E-state index is 0.391. The summed E-state index contributed by atoms with van der Waals surface area (Å²) in [5.74, 6) is 1.96. The van der Waals surface area contributed by atoms with Crippen LogP contribution in [0.1, 0.15) is 51.1 Å². The van der Waals surface area contributed by atoms with E-state index in [4.69, 9.17) is 9.47 Å². The molecule has 106 valence electrons. The van der Waals surface area contributed by atoms with Crippen LogP contribution in [0.25, 0.3) is 0 Å². The van der Waals surface area contributed by atoms with Crippen molar-refractivity contribution in [3.05, 3.63) is 23.8 Å². The van der Waals surface area contributed by atoms with E-state index < -0.39 is 0 Å². The van der Waals surface area contributed by atoms with Gasteiger partial charge >= 0.3 is 0 Å². The molecule has 1 atom stereocenters. The van der Waals surface area contributed by atoms with Gasteiger partial charge in [-0.2, -0.15) is 0 Å². The van der Waals surface area contributed by atoms with Crippen LogP contribution in [0.15, 0.2) is 18.2 Å². The average Bonchev–Trinajstić information content (AvgIpc) is 2.64. The lowest BCUT2D eigenvalue weighted by molar-refractivity contribution is 0.309. The van der Waals surface area contributed by atoms with Gasteiger partial charge in [0, 0.05) is 11.6 Å². The van der Waals surface area contributed by atoms with Crippen LogP contribution < -0.4 is 14.8 Å². The number of hydrogen-bond acceptors (Lipinski definition) is 3. The van der Waals surface area contributed by atoms with E-state index in [1.165, 1.54) is 5.56 Å². The summed E-state index contributed by atoms with van der Waals surface area (Å²) < 4.78 is 11.6. The Morgan fingerprint density at radius 3 is 3.00 bits per heavy atom. The zero-order valence-corrected chi connectivity index (χ0v) is 12.1. The molecule has 2 rings (SSSR count). The summed E-state index contributed by atoms with van der Waals surface area (Å²) in [6.07, 6.45) is 4.41. The van der Waals surface area contributed by atoms with Gasteiger partial charge in [0.1, 0.15) is 11.5 Å².